The van der Waals surface area contributed by atoms with Crippen LogP contribution in [0.2, 0.25) is 0 Å². The number of rotatable bonds is 8. The molecule has 1 amide bonds. The number of carbonyl (C=O) groups excluding carboxylic acids is 1. The van der Waals surface area contributed by atoms with E-state index in [2.05, 4.69) is 51.3 Å². The first-order chi connectivity index (χ1) is 13.8. The fraction of sp³-hybridized carbons (Fsp3) is 0.500. The Kier molecular flexibility index (Phi) is 6.37. The van der Waals surface area contributed by atoms with Crippen LogP contribution >= 0.6 is 0 Å². The van der Waals surface area contributed by atoms with Crippen LogP contribution in [-0.2, 0) is 13.1 Å². The Labute approximate surface area is 173 Å². The van der Waals surface area contributed by atoms with E-state index in [1.807, 2.05) is 39.9 Å². The molecule has 1 aliphatic heterocycles. The van der Waals surface area contributed by atoms with Gasteiger partial charge >= 0.3 is 0 Å². The molecule has 1 aliphatic rings. The molecule has 0 spiro atoms. The lowest BCUT2D eigenvalue weighted by Gasteiger charge is -2.22. The number of amides is 1. The highest BCUT2D eigenvalue weighted by molar-refractivity contribution is 5.98. The molecular weight excluding hydrogens is 364 g/mol. The van der Waals surface area contributed by atoms with E-state index in [-0.39, 0.29) is 11.9 Å². The van der Waals surface area contributed by atoms with E-state index in [0.29, 0.717) is 18.2 Å². The highest BCUT2D eigenvalue weighted by Gasteiger charge is 2.35. The van der Waals surface area contributed by atoms with Gasteiger partial charge in [-0.05, 0) is 40.4 Å². The van der Waals surface area contributed by atoms with Gasteiger partial charge in [0.15, 0.2) is 0 Å². The monoisotopic (exact) mass is 396 g/mol. The molecule has 156 valence electrons. The van der Waals surface area contributed by atoms with Crippen LogP contribution in [0.3, 0.4) is 0 Å². The van der Waals surface area contributed by atoms with Crippen LogP contribution in [0.25, 0.3) is 0 Å². The van der Waals surface area contributed by atoms with Gasteiger partial charge in [-0.3, -0.25) is 4.79 Å². The number of hydrogen-bond donors (Lipinski definition) is 1. The van der Waals surface area contributed by atoms with Crippen molar-refractivity contribution in [3.63, 3.8) is 0 Å². The van der Waals surface area contributed by atoms with Crippen LogP contribution in [0.4, 0.5) is 11.8 Å². The zero-order chi connectivity index (χ0) is 21.1. The Bertz CT molecular complexity index is 862. The molecule has 1 aromatic heterocycles. The van der Waals surface area contributed by atoms with Crippen LogP contribution < -0.4 is 10.2 Å². The molecule has 2 aromatic rings. The van der Waals surface area contributed by atoms with Crippen molar-refractivity contribution in [2.45, 2.75) is 39.9 Å². The van der Waals surface area contributed by atoms with Crippen LogP contribution in [0, 0.1) is 6.92 Å². The summed E-state index contributed by atoms with van der Waals surface area (Å²) in [5, 5.41) is 3.28. The molecule has 0 fully saturated rings. The smallest absolute Gasteiger partial charge is 0.273 e. The normalized spacial score (nSPS) is 13.4. The second kappa shape index (κ2) is 8.78. The van der Waals surface area contributed by atoms with Crippen molar-refractivity contribution in [3.05, 3.63) is 46.6 Å². The van der Waals surface area contributed by atoms with Gasteiger partial charge in [0.1, 0.15) is 11.5 Å². The average molecular weight is 397 g/mol. The maximum absolute atomic E-state index is 12.9. The van der Waals surface area contributed by atoms with Gasteiger partial charge in [-0.2, -0.15) is 4.98 Å². The van der Waals surface area contributed by atoms with Crippen molar-refractivity contribution < 1.29 is 4.79 Å². The maximum atomic E-state index is 12.9. The molecule has 0 aliphatic carbocycles. The Morgan fingerprint density at radius 1 is 1.14 bits per heavy atom. The summed E-state index contributed by atoms with van der Waals surface area (Å²) in [5.74, 6) is 1.31. The Hall–Kier alpha value is -2.67. The summed E-state index contributed by atoms with van der Waals surface area (Å²) in [7, 11) is 6.07. The first kappa shape index (κ1) is 21.0. The molecule has 0 saturated carbocycles. The summed E-state index contributed by atoms with van der Waals surface area (Å²) in [6.45, 7) is 9.00. The summed E-state index contributed by atoms with van der Waals surface area (Å²) in [6.07, 6.45) is 0. The number of anilines is 2. The highest BCUT2D eigenvalue weighted by Crippen LogP contribution is 2.31. The minimum Gasteiger partial charge on any atom is -0.355 e. The summed E-state index contributed by atoms with van der Waals surface area (Å²) in [4.78, 5) is 28.3. The molecule has 0 unspecified atom stereocenters. The van der Waals surface area contributed by atoms with Crippen LogP contribution in [-0.4, -0.2) is 65.9 Å². The van der Waals surface area contributed by atoms with E-state index in [0.717, 1.165) is 31.0 Å². The van der Waals surface area contributed by atoms with Gasteiger partial charge in [0, 0.05) is 38.3 Å². The third-order valence-corrected chi connectivity index (χ3v) is 5.14. The number of hydrogen-bond acceptors (Lipinski definition) is 6. The zero-order valence-corrected chi connectivity index (χ0v) is 18.4. The molecule has 1 N–H and O–H groups in total. The molecule has 7 nitrogen and oxygen atoms in total. The number of fused-ring (bicyclic) bond motifs is 1. The van der Waals surface area contributed by atoms with Crippen LogP contribution in [0.1, 0.15) is 41.0 Å². The van der Waals surface area contributed by atoms with Gasteiger partial charge in [-0.15, -0.1) is 0 Å². The number of aryl methyl sites for hydroxylation is 1. The number of nitrogens with one attached hydrogen (secondary N) is 1. The maximum Gasteiger partial charge on any atom is 0.273 e. The molecule has 7 heteroatoms. The number of aromatic nitrogens is 2. The molecule has 0 bridgehead atoms. The van der Waals surface area contributed by atoms with E-state index in [1.54, 1.807) is 0 Å². The Morgan fingerprint density at radius 3 is 2.45 bits per heavy atom. The van der Waals surface area contributed by atoms with E-state index in [4.69, 9.17) is 4.98 Å². The van der Waals surface area contributed by atoms with E-state index in [9.17, 15) is 4.79 Å². The third kappa shape index (κ3) is 4.85. The molecule has 1 aromatic carbocycles. The summed E-state index contributed by atoms with van der Waals surface area (Å²) >= 11 is 0. The summed E-state index contributed by atoms with van der Waals surface area (Å²) in [6, 6.07) is 8.62. The van der Waals surface area contributed by atoms with Gasteiger partial charge in [0.2, 0.25) is 5.95 Å². The minimum absolute atomic E-state index is 0.0157. The quantitative estimate of drug-likeness (QED) is 0.740. The molecule has 0 saturated heterocycles. The van der Waals surface area contributed by atoms with E-state index in [1.165, 1.54) is 11.1 Å². The lowest BCUT2D eigenvalue weighted by molar-refractivity contribution is 0.0726. The van der Waals surface area contributed by atoms with Crippen molar-refractivity contribution in [1.29, 1.82) is 0 Å². The van der Waals surface area contributed by atoms with Crippen LogP contribution in [0.5, 0.6) is 0 Å². The van der Waals surface area contributed by atoms with Crippen molar-refractivity contribution in [2.24, 2.45) is 0 Å². The van der Waals surface area contributed by atoms with Gasteiger partial charge < -0.3 is 20.0 Å². The predicted molar refractivity (Wildman–Crippen MR) is 117 cm³/mol. The first-order valence-electron chi connectivity index (χ1n) is 10.1. The highest BCUT2D eigenvalue weighted by atomic mass is 16.2. The Balaban J connectivity index is 1.91. The largest absolute Gasteiger partial charge is 0.355 e. The SMILES string of the molecule is Cc1ccc(CN(C)c2nc(NCCN(C)C)nc3c2CN(C(C)C)C3=O)cc1. The standard InChI is InChI=1S/C22H32N6O/c1-15(2)28-14-18-19(21(28)29)24-22(23-11-12-26(4)5)25-20(18)27(6)13-17-9-7-16(3)8-10-17/h7-10,15H,11-14H2,1-6H3,(H,23,24,25). The summed E-state index contributed by atoms with van der Waals surface area (Å²) in [5.41, 5.74) is 3.88. The summed E-state index contributed by atoms with van der Waals surface area (Å²) < 4.78 is 0. The predicted octanol–water partition coefficient (Wildman–Crippen LogP) is 2.76. The average Bonchev–Trinajstić information content (AvgIpc) is 3.00. The molecule has 0 radical (unpaired) electrons. The van der Waals surface area contributed by atoms with Crippen molar-refractivity contribution in [3.8, 4) is 0 Å². The van der Waals surface area contributed by atoms with Gasteiger partial charge in [0.05, 0.1) is 6.54 Å². The lowest BCUT2D eigenvalue weighted by Crippen LogP contribution is -2.31. The molecule has 29 heavy (non-hydrogen) atoms. The van der Waals surface area contributed by atoms with Gasteiger partial charge in [0.25, 0.3) is 5.91 Å². The molecular formula is C22H32N6O. The fourth-order valence-electron chi connectivity index (χ4n) is 3.42. The fourth-order valence-corrected chi connectivity index (χ4v) is 3.42. The molecule has 2 heterocycles. The van der Waals surface area contributed by atoms with E-state index < -0.39 is 0 Å². The second-order valence-electron chi connectivity index (χ2n) is 8.30. The number of likely N-dealkylation sites (N-methyl/N-ethyl adjacent to an activating group) is 1. The topological polar surface area (TPSA) is 64.6 Å². The Morgan fingerprint density at radius 2 is 1.83 bits per heavy atom. The first-order valence-corrected chi connectivity index (χ1v) is 10.1. The third-order valence-electron chi connectivity index (χ3n) is 5.14. The van der Waals surface area contributed by atoms with Crippen molar-refractivity contribution >= 4 is 17.7 Å². The molecule has 0 atom stereocenters. The zero-order valence-electron chi connectivity index (χ0n) is 18.4. The van der Waals surface area contributed by atoms with Crippen molar-refractivity contribution in [1.82, 2.24) is 19.8 Å². The number of benzene rings is 1. The second-order valence-corrected chi connectivity index (χ2v) is 8.30. The minimum atomic E-state index is -0.0157. The lowest BCUT2D eigenvalue weighted by atomic mass is 10.1. The molecule has 3 rings (SSSR count). The van der Waals surface area contributed by atoms with E-state index >= 15 is 0 Å². The number of nitrogens with zero attached hydrogens (tertiary/aromatic N) is 5. The van der Waals surface area contributed by atoms with Crippen molar-refractivity contribution in [2.75, 3.05) is 44.4 Å². The number of carbonyl (C=O) groups is 1. The van der Waals surface area contributed by atoms with Gasteiger partial charge in [-0.1, -0.05) is 29.8 Å². The van der Waals surface area contributed by atoms with Gasteiger partial charge in [-0.25, -0.2) is 4.98 Å². The van der Waals surface area contributed by atoms with Crippen LogP contribution in [0.15, 0.2) is 24.3 Å².